The van der Waals surface area contributed by atoms with Crippen LogP contribution in [0.15, 0.2) is 36.4 Å². The molecule has 2 aromatic carbocycles. The lowest BCUT2D eigenvalue weighted by molar-refractivity contribution is -0.394. The molecule has 2 aromatic rings. The molecule has 8 nitrogen and oxygen atoms in total. The molecule has 0 atom stereocenters. The second kappa shape index (κ2) is 5.84. The third kappa shape index (κ3) is 2.96. The van der Waals surface area contributed by atoms with E-state index in [1.54, 1.807) is 6.07 Å². The molecule has 0 radical (unpaired) electrons. The molecule has 110 valence electrons. The Labute approximate surface area is 122 Å². The lowest BCUT2D eigenvalue weighted by Gasteiger charge is -2.07. The van der Waals surface area contributed by atoms with E-state index in [1.807, 2.05) is 0 Å². The summed E-state index contributed by atoms with van der Waals surface area (Å²) in [4.78, 5) is 19.9. The van der Waals surface area contributed by atoms with E-state index in [1.165, 1.54) is 6.07 Å². The van der Waals surface area contributed by atoms with E-state index in [4.69, 9.17) is 10.00 Å². The first kappa shape index (κ1) is 14.9. The zero-order chi connectivity index (χ0) is 16.3. The lowest BCUT2D eigenvalue weighted by atomic mass is 10.2. The highest BCUT2D eigenvalue weighted by Crippen LogP contribution is 2.35. The summed E-state index contributed by atoms with van der Waals surface area (Å²) in [5.74, 6) is -1.57. The third-order valence-corrected chi connectivity index (χ3v) is 2.63. The van der Waals surface area contributed by atoms with Crippen molar-refractivity contribution in [2.24, 2.45) is 0 Å². The second-order valence-corrected chi connectivity index (χ2v) is 4.03. The monoisotopic (exact) mass is 303 g/mol. The van der Waals surface area contributed by atoms with E-state index >= 15 is 0 Å². The molecule has 9 heteroatoms. The first-order chi connectivity index (χ1) is 10.4. The SMILES string of the molecule is N#Cc1ccc(Oc2ccc([N+](=O)[O-])cc2[N+](=O)[O-])c(F)c1. The van der Waals surface area contributed by atoms with Gasteiger partial charge in [0.15, 0.2) is 11.6 Å². The first-order valence-electron chi connectivity index (χ1n) is 5.72. The topological polar surface area (TPSA) is 119 Å². The van der Waals surface area contributed by atoms with Crippen molar-refractivity contribution in [2.45, 2.75) is 0 Å². The van der Waals surface area contributed by atoms with Crippen LogP contribution < -0.4 is 4.74 Å². The van der Waals surface area contributed by atoms with Gasteiger partial charge in [0.2, 0.25) is 5.75 Å². The quantitative estimate of drug-likeness (QED) is 0.631. The molecular weight excluding hydrogens is 297 g/mol. The van der Waals surface area contributed by atoms with Crippen molar-refractivity contribution in [3.05, 3.63) is 68.0 Å². The number of halogens is 1. The lowest BCUT2D eigenvalue weighted by Crippen LogP contribution is -1.97. The molecule has 0 unspecified atom stereocenters. The fourth-order valence-corrected chi connectivity index (χ4v) is 1.62. The molecule has 2 rings (SSSR count). The van der Waals surface area contributed by atoms with Crippen LogP contribution in [0.2, 0.25) is 0 Å². The van der Waals surface area contributed by atoms with Crippen LogP contribution >= 0.6 is 0 Å². The summed E-state index contributed by atoms with van der Waals surface area (Å²) >= 11 is 0. The van der Waals surface area contributed by atoms with Crippen molar-refractivity contribution < 1.29 is 19.0 Å². The van der Waals surface area contributed by atoms with E-state index in [-0.39, 0.29) is 17.1 Å². The van der Waals surface area contributed by atoms with Gasteiger partial charge in [-0.2, -0.15) is 5.26 Å². The number of hydrogen-bond acceptors (Lipinski definition) is 6. The van der Waals surface area contributed by atoms with Crippen LogP contribution in [0, 0.1) is 37.4 Å². The van der Waals surface area contributed by atoms with Crippen molar-refractivity contribution in [2.75, 3.05) is 0 Å². The highest BCUT2D eigenvalue weighted by Gasteiger charge is 2.22. The molecule has 0 heterocycles. The molecule has 22 heavy (non-hydrogen) atoms. The van der Waals surface area contributed by atoms with Gasteiger partial charge in [-0.3, -0.25) is 20.2 Å². The fourth-order valence-electron chi connectivity index (χ4n) is 1.62. The van der Waals surface area contributed by atoms with Gasteiger partial charge in [0.25, 0.3) is 5.69 Å². The number of nitro benzene ring substituents is 2. The smallest absolute Gasteiger partial charge is 0.318 e. The maximum absolute atomic E-state index is 13.7. The van der Waals surface area contributed by atoms with Crippen LogP contribution in [0.4, 0.5) is 15.8 Å². The van der Waals surface area contributed by atoms with Gasteiger partial charge >= 0.3 is 5.69 Å². The molecule has 0 aliphatic carbocycles. The van der Waals surface area contributed by atoms with Gasteiger partial charge in [0.1, 0.15) is 0 Å². The van der Waals surface area contributed by atoms with Gasteiger partial charge in [0, 0.05) is 6.07 Å². The highest BCUT2D eigenvalue weighted by atomic mass is 19.1. The Hall–Kier alpha value is -3.54. The standard InChI is InChI=1S/C13H6FN3O5/c14-10-5-8(7-15)1-3-12(10)22-13-4-2-9(16(18)19)6-11(13)17(20)21/h1-6H. The molecule has 0 spiro atoms. The number of non-ortho nitro benzene ring substituents is 1. The van der Waals surface area contributed by atoms with Crippen molar-refractivity contribution in [3.8, 4) is 17.6 Å². The summed E-state index contributed by atoms with van der Waals surface area (Å²) in [7, 11) is 0. The minimum absolute atomic E-state index is 0.0584. The molecule has 0 aromatic heterocycles. The molecule has 0 N–H and O–H groups in total. The molecule has 0 amide bonds. The maximum Gasteiger partial charge on any atom is 0.318 e. The van der Waals surface area contributed by atoms with Crippen LogP contribution in [-0.4, -0.2) is 9.85 Å². The Balaban J connectivity index is 2.43. The summed E-state index contributed by atoms with van der Waals surface area (Å²) in [6.45, 7) is 0. The van der Waals surface area contributed by atoms with Crippen LogP contribution in [0.3, 0.4) is 0 Å². The summed E-state index contributed by atoms with van der Waals surface area (Å²) in [5.41, 5.74) is -1.10. The summed E-state index contributed by atoms with van der Waals surface area (Å²) in [6, 6.07) is 7.78. The van der Waals surface area contributed by atoms with Gasteiger partial charge < -0.3 is 4.74 Å². The average molecular weight is 303 g/mol. The van der Waals surface area contributed by atoms with Crippen LogP contribution in [-0.2, 0) is 0 Å². The third-order valence-electron chi connectivity index (χ3n) is 2.63. The largest absolute Gasteiger partial charge is 0.447 e. The summed E-state index contributed by atoms with van der Waals surface area (Å²) < 4.78 is 18.8. The Morgan fingerprint density at radius 3 is 2.27 bits per heavy atom. The number of benzene rings is 2. The Bertz CT molecular complexity index is 816. The minimum Gasteiger partial charge on any atom is -0.447 e. The van der Waals surface area contributed by atoms with E-state index in [0.717, 1.165) is 30.3 Å². The average Bonchev–Trinajstić information content (AvgIpc) is 2.49. The number of nitrogens with zero attached hydrogens (tertiary/aromatic N) is 3. The molecule has 0 aliphatic rings. The van der Waals surface area contributed by atoms with Gasteiger partial charge in [-0.1, -0.05) is 0 Å². The van der Waals surface area contributed by atoms with Crippen LogP contribution in [0.1, 0.15) is 5.56 Å². The molecule has 0 saturated carbocycles. The first-order valence-corrected chi connectivity index (χ1v) is 5.72. The maximum atomic E-state index is 13.7. The van der Waals surface area contributed by atoms with Gasteiger partial charge in [-0.15, -0.1) is 0 Å². The molecule has 0 saturated heterocycles. The molecule has 0 bridgehead atoms. The fraction of sp³-hybridized carbons (Fsp3) is 0. The normalized spacial score (nSPS) is 9.82. The van der Waals surface area contributed by atoms with Gasteiger partial charge in [0.05, 0.1) is 27.5 Å². The number of nitriles is 1. The number of ether oxygens (including phenoxy) is 1. The number of hydrogen-bond donors (Lipinski definition) is 0. The van der Waals surface area contributed by atoms with E-state index in [2.05, 4.69) is 0 Å². The van der Waals surface area contributed by atoms with E-state index in [0.29, 0.717) is 0 Å². The number of rotatable bonds is 4. The van der Waals surface area contributed by atoms with Crippen molar-refractivity contribution in [1.82, 2.24) is 0 Å². The van der Waals surface area contributed by atoms with E-state index in [9.17, 15) is 24.6 Å². The summed E-state index contributed by atoms with van der Waals surface area (Å²) in [6.07, 6.45) is 0. The Morgan fingerprint density at radius 2 is 1.73 bits per heavy atom. The molecule has 0 aliphatic heterocycles. The van der Waals surface area contributed by atoms with E-state index < -0.39 is 27.0 Å². The van der Waals surface area contributed by atoms with Gasteiger partial charge in [-0.05, 0) is 24.3 Å². The molecule has 0 fully saturated rings. The second-order valence-electron chi connectivity index (χ2n) is 4.03. The highest BCUT2D eigenvalue weighted by molar-refractivity contribution is 5.55. The van der Waals surface area contributed by atoms with Gasteiger partial charge in [-0.25, -0.2) is 4.39 Å². The zero-order valence-corrected chi connectivity index (χ0v) is 10.7. The molecular formula is C13H6FN3O5. The predicted molar refractivity (Wildman–Crippen MR) is 70.9 cm³/mol. The number of nitro groups is 2. The van der Waals surface area contributed by atoms with Crippen molar-refractivity contribution in [3.63, 3.8) is 0 Å². The van der Waals surface area contributed by atoms with Crippen LogP contribution in [0.25, 0.3) is 0 Å². The Kier molecular flexibility index (Phi) is 3.94. The van der Waals surface area contributed by atoms with Crippen LogP contribution in [0.5, 0.6) is 11.5 Å². The van der Waals surface area contributed by atoms with Crippen molar-refractivity contribution in [1.29, 1.82) is 5.26 Å². The predicted octanol–water partition coefficient (Wildman–Crippen LogP) is 3.31. The Morgan fingerprint density at radius 1 is 1.05 bits per heavy atom. The zero-order valence-electron chi connectivity index (χ0n) is 10.7. The van der Waals surface area contributed by atoms with Crippen molar-refractivity contribution >= 4 is 11.4 Å². The minimum atomic E-state index is -0.883. The summed E-state index contributed by atoms with van der Waals surface area (Å²) in [5, 5.41) is 30.2.